The Morgan fingerprint density at radius 3 is 2.65 bits per heavy atom. The van der Waals surface area contributed by atoms with E-state index in [1.54, 1.807) is 16.7 Å². The van der Waals surface area contributed by atoms with Crippen LogP contribution in [-0.2, 0) is 6.16 Å². The number of aryl methyl sites for hydroxylation is 1. The van der Waals surface area contributed by atoms with E-state index in [1.807, 2.05) is 0 Å². The van der Waals surface area contributed by atoms with Crippen LogP contribution in [0.4, 0.5) is 0 Å². The van der Waals surface area contributed by atoms with Gasteiger partial charge in [-0.25, -0.2) is 0 Å². The Hall–Kier alpha value is -1.91. The first kappa shape index (κ1) is 16.3. The number of rotatable bonds is 0. The molecular weight excluding hydrogens is 331 g/mol. The van der Waals surface area contributed by atoms with Crippen LogP contribution in [0.5, 0.6) is 0 Å². The van der Waals surface area contributed by atoms with E-state index in [9.17, 15) is 0 Å². The quantitative estimate of drug-likeness (QED) is 0.496. The van der Waals surface area contributed by atoms with E-state index in [2.05, 4.69) is 81.2 Å². The van der Waals surface area contributed by atoms with E-state index >= 15 is 0 Å². The Morgan fingerprint density at radius 1 is 1.00 bits per heavy atom. The molecule has 0 nitrogen and oxygen atoms in total. The summed E-state index contributed by atoms with van der Waals surface area (Å²) in [5.74, 6) is 1.25. The summed E-state index contributed by atoms with van der Waals surface area (Å²) in [6, 6.07) is 20.4. The highest BCUT2D eigenvalue weighted by molar-refractivity contribution is 7.56. The van der Waals surface area contributed by atoms with Gasteiger partial charge >= 0.3 is 0 Å². The van der Waals surface area contributed by atoms with Gasteiger partial charge in [-0.3, -0.25) is 0 Å². The molecule has 0 amide bonds. The molecular formula is C25H25P. The average Bonchev–Trinajstić information content (AvgIpc) is 2.79. The second-order valence-corrected chi connectivity index (χ2v) is 10.5. The number of hydrogen-bond donors (Lipinski definition) is 0. The second-order valence-electron chi connectivity index (χ2n) is 8.10. The zero-order valence-electron chi connectivity index (χ0n) is 15.8. The van der Waals surface area contributed by atoms with E-state index in [-0.39, 0.29) is 7.92 Å². The highest BCUT2D eigenvalue weighted by atomic mass is 31.1. The topological polar surface area (TPSA) is 0 Å². The first-order valence-corrected chi connectivity index (χ1v) is 11.8. The highest BCUT2D eigenvalue weighted by Crippen LogP contribution is 2.50. The number of benzene rings is 3. The first-order chi connectivity index (χ1) is 12.6. The normalized spacial score (nSPS) is 24.3. The zero-order valence-corrected chi connectivity index (χ0v) is 16.7. The van der Waals surface area contributed by atoms with E-state index in [0.717, 1.165) is 0 Å². The van der Waals surface area contributed by atoms with Crippen molar-refractivity contribution >= 4 is 30.3 Å². The predicted octanol–water partition coefficient (Wildman–Crippen LogP) is 5.02. The fourth-order valence-corrected chi connectivity index (χ4v) is 7.30. The Morgan fingerprint density at radius 2 is 1.77 bits per heavy atom. The molecule has 1 aliphatic carbocycles. The molecule has 2 unspecified atom stereocenters. The molecule has 1 aliphatic heterocycles. The summed E-state index contributed by atoms with van der Waals surface area (Å²) in [7, 11) is 0.0232. The molecule has 3 aromatic carbocycles. The molecule has 0 radical (unpaired) electrons. The van der Waals surface area contributed by atoms with Crippen molar-refractivity contribution in [1.82, 2.24) is 0 Å². The summed E-state index contributed by atoms with van der Waals surface area (Å²) in [4.78, 5) is 0. The fourth-order valence-electron chi connectivity index (χ4n) is 5.04. The molecule has 130 valence electrons. The molecule has 0 N–H and O–H groups in total. The smallest absolute Gasteiger partial charge is 0.00496 e. The van der Waals surface area contributed by atoms with Crippen molar-refractivity contribution in [2.24, 2.45) is 11.8 Å². The van der Waals surface area contributed by atoms with Crippen LogP contribution in [0, 0.1) is 18.8 Å². The molecule has 5 rings (SSSR count). The van der Waals surface area contributed by atoms with Crippen LogP contribution in [0.25, 0.3) is 22.4 Å². The van der Waals surface area contributed by atoms with Crippen molar-refractivity contribution < 1.29 is 0 Å². The summed E-state index contributed by atoms with van der Waals surface area (Å²) in [6.45, 7) is 7.25. The molecule has 3 atom stereocenters. The Labute approximate surface area is 157 Å². The van der Waals surface area contributed by atoms with Crippen molar-refractivity contribution in [3.05, 3.63) is 81.7 Å². The molecule has 0 saturated carbocycles. The van der Waals surface area contributed by atoms with E-state index < -0.39 is 0 Å². The van der Waals surface area contributed by atoms with Crippen LogP contribution in [-0.4, -0.2) is 12.8 Å². The Bertz CT molecular complexity index is 1140. The van der Waals surface area contributed by atoms with E-state index in [4.69, 9.17) is 0 Å². The largest absolute Gasteiger partial charge is 0.105 e. The highest BCUT2D eigenvalue weighted by Gasteiger charge is 2.32. The first-order valence-electron chi connectivity index (χ1n) is 9.64. The summed E-state index contributed by atoms with van der Waals surface area (Å²) >= 11 is 0. The molecule has 2 aliphatic rings. The minimum atomic E-state index is 0.0232. The average molecular weight is 356 g/mol. The van der Waals surface area contributed by atoms with Gasteiger partial charge in [-0.15, -0.1) is 7.92 Å². The van der Waals surface area contributed by atoms with Crippen LogP contribution in [0.2, 0.25) is 0 Å². The zero-order chi connectivity index (χ0) is 17.8. The number of hydrogen-bond acceptors (Lipinski definition) is 0. The maximum Gasteiger partial charge on any atom is -0.00496 e. The lowest BCUT2D eigenvalue weighted by molar-refractivity contribution is 0.600. The second kappa shape index (κ2) is 6.07. The van der Waals surface area contributed by atoms with Crippen LogP contribution in [0.1, 0.15) is 23.6 Å². The Balaban J connectivity index is 2.02. The number of fused-ring (bicyclic) bond motifs is 6. The molecule has 1 heterocycles. The molecule has 3 aromatic rings. The molecule has 0 spiro atoms. The van der Waals surface area contributed by atoms with Crippen molar-refractivity contribution in [2.45, 2.75) is 20.0 Å². The van der Waals surface area contributed by atoms with E-state index in [1.165, 1.54) is 39.1 Å². The lowest BCUT2D eigenvalue weighted by atomic mass is 9.76. The third-order valence-corrected chi connectivity index (χ3v) is 8.16. The van der Waals surface area contributed by atoms with Crippen molar-refractivity contribution in [1.29, 1.82) is 0 Å². The van der Waals surface area contributed by atoms with Crippen LogP contribution >= 0.6 is 7.92 Å². The lowest BCUT2D eigenvalue weighted by Crippen LogP contribution is -2.37. The summed E-state index contributed by atoms with van der Waals surface area (Å²) in [5, 5.41) is 5.72. The fraction of sp³-hybridized carbons (Fsp3) is 0.280. The van der Waals surface area contributed by atoms with Gasteiger partial charge < -0.3 is 0 Å². The van der Waals surface area contributed by atoms with Gasteiger partial charge in [-0.05, 0) is 81.2 Å². The minimum absolute atomic E-state index is 0.0232. The van der Waals surface area contributed by atoms with Crippen molar-refractivity contribution in [3.63, 3.8) is 0 Å². The molecule has 0 aromatic heterocycles. The van der Waals surface area contributed by atoms with Gasteiger partial charge in [0.2, 0.25) is 0 Å². The summed E-state index contributed by atoms with van der Waals surface area (Å²) < 4.78 is 0. The van der Waals surface area contributed by atoms with Crippen LogP contribution < -0.4 is 10.4 Å². The van der Waals surface area contributed by atoms with Crippen LogP contribution in [0.15, 0.2) is 54.6 Å². The Kier molecular flexibility index (Phi) is 3.80. The predicted molar refractivity (Wildman–Crippen MR) is 115 cm³/mol. The lowest BCUT2D eigenvalue weighted by Gasteiger charge is -2.29. The monoisotopic (exact) mass is 356 g/mol. The summed E-state index contributed by atoms with van der Waals surface area (Å²) in [6.07, 6.45) is 5.12. The molecule has 1 heteroatoms. The maximum atomic E-state index is 2.51. The van der Waals surface area contributed by atoms with Gasteiger partial charge in [0.1, 0.15) is 0 Å². The van der Waals surface area contributed by atoms with E-state index in [0.29, 0.717) is 11.8 Å². The van der Waals surface area contributed by atoms with Gasteiger partial charge in [0.25, 0.3) is 0 Å². The molecule has 0 bridgehead atoms. The third-order valence-electron chi connectivity index (χ3n) is 6.28. The SMILES string of the molecule is Cc1cc2ccccc2c2c1CP(C)CC1C2=c2ccccc2=C[C@H]1C. The van der Waals surface area contributed by atoms with Gasteiger partial charge in [-0.1, -0.05) is 67.6 Å². The van der Waals surface area contributed by atoms with Gasteiger partial charge in [0.15, 0.2) is 0 Å². The third kappa shape index (κ3) is 2.39. The molecule has 26 heavy (non-hydrogen) atoms. The van der Waals surface area contributed by atoms with Crippen molar-refractivity contribution in [2.75, 3.05) is 12.8 Å². The summed E-state index contributed by atoms with van der Waals surface area (Å²) in [5.41, 5.74) is 6.27. The van der Waals surface area contributed by atoms with Crippen molar-refractivity contribution in [3.8, 4) is 0 Å². The molecule has 0 saturated heterocycles. The van der Waals surface area contributed by atoms with Gasteiger partial charge in [0.05, 0.1) is 0 Å². The minimum Gasteiger partial charge on any atom is -0.105 e. The molecule has 0 fully saturated rings. The van der Waals surface area contributed by atoms with Gasteiger partial charge in [0, 0.05) is 0 Å². The maximum absolute atomic E-state index is 2.51. The van der Waals surface area contributed by atoms with Gasteiger partial charge in [-0.2, -0.15) is 0 Å². The standard InChI is InChI=1S/C25H25P/c1-16-12-18-8-4-6-10-20(18)24-22(16)14-26(3)15-23-17(2)13-19-9-5-7-11-21(19)25(23)24/h4-13,16,22H,14-15H2,1-3H3/t16-,22?,26?/m1/s1. The van der Waals surface area contributed by atoms with Crippen LogP contribution in [0.3, 0.4) is 0 Å².